The topological polar surface area (TPSA) is 3.24 Å². The molecule has 110 valence electrons. The van der Waals surface area contributed by atoms with Crippen molar-refractivity contribution >= 4 is 0 Å². The molecule has 0 aliphatic carbocycles. The molecule has 0 aromatic carbocycles. The van der Waals surface area contributed by atoms with Gasteiger partial charge in [0.1, 0.15) is 0 Å². The molecule has 0 saturated heterocycles. The van der Waals surface area contributed by atoms with Gasteiger partial charge in [0.05, 0.1) is 0 Å². The molecule has 0 bridgehead atoms. The molecule has 0 N–H and O–H groups in total. The Kier molecular flexibility index (Phi) is 8.94. The second-order valence-electron chi connectivity index (χ2n) is 6.69. The quantitative estimate of drug-likeness (QED) is 0.499. The van der Waals surface area contributed by atoms with Gasteiger partial charge < -0.3 is 0 Å². The van der Waals surface area contributed by atoms with E-state index >= 15 is 0 Å². The summed E-state index contributed by atoms with van der Waals surface area (Å²) in [6, 6.07) is 0.716. The minimum Gasteiger partial charge on any atom is -0.296 e. The third-order valence-corrected chi connectivity index (χ3v) is 4.26. The Labute approximate surface area is 116 Å². The Morgan fingerprint density at radius 3 is 2.00 bits per heavy atom. The number of unbranched alkanes of at least 4 members (excludes halogenated alkanes) is 1. The van der Waals surface area contributed by atoms with Crippen LogP contribution in [0, 0.1) is 5.92 Å². The minimum atomic E-state index is 0.344. The summed E-state index contributed by atoms with van der Waals surface area (Å²) in [4.78, 5) is 2.71. The van der Waals surface area contributed by atoms with Crippen molar-refractivity contribution in [3.05, 3.63) is 0 Å². The van der Waals surface area contributed by atoms with Crippen LogP contribution in [0.25, 0.3) is 0 Å². The van der Waals surface area contributed by atoms with E-state index < -0.39 is 0 Å². The zero-order valence-electron chi connectivity index (χ0n) is 14.1. The van der Waals surface area contributed by atoms with Crippen LogP contribution in [0.1, 0.15) is 87.0 Å². The van der Waals surface area contributed by atoms with E-state index in [4.69, 9.17) is 0 Å². The number of rotatable bonds is 10. The zero-order valence-corrected chi connectivity index (χ0v) is 14.1. The third-order valence-electron chi connectivity index (χ3n) is 4.26. The molecule has 0 amide bonds. The zero-order chi connectivity index (χ0) is 14.2. The fraction of sp³-hybridized carbons (Fsp3) is 1.00. The normalized spacial score (nSPS) is 16.0. The van der Waals surface area contributed by atoms with Crippen molar-refractivity contribution in [2.45, 2.75) is 98.6 Å². The lowest BCUT2D eigenvalue weighted by Gasteiger charge is -2.43. The van der Waals surface area contributed by atoms with Crippen LogP contribution < -0.4 is 0 Å². The van der Waals surface area contributed by atoms with Gasteiger partial charge in [-0.15, -0.1) is 0 Å². The van der Waals surface area contributed by atoms with E-state index in [1.807, 2.05) is 0 Å². The Hall–Kier alpha value is -0.0400. The van der Waals surface area contributed by atoms with Gasteiger partial charge in [-0.3, -0.25) is 4.90 Å². The van der Waals surface area contributed by atoms with E-state index in [0.29, 0.717) is 11.6 Å². The highest BCUT2D eigenvalue weighted by atomic mass is 15.2. The molecule has 0 radical (unpaired) electrons. The molecule has 2 atom stereocenters. The number of nitrogens with zero attached hydrogens (tertiary/aromatic N) is 1. The van der Waals surface area contributed by atoms with Crippen LogP contribution in [0.4, 0.5) is 0 Å². The number of hydrogen-bond acceptors (Lipinski definition) is 1. The first-order valence-electron chi connectivity index (χ1n) is 8.15. The summed E-state index contributed by atoms with van der Waals surface area (Å²) >= 11 is 0. The summed E-state index contributed by atoms with van der Waals surface area (Å²) in [5.41, 5.74) is 0.344. The summed E-state index contributed by atoms with van der Waals surface area (Å²) < 4.78 is 0. The van der Waals surface area contributed by atoms with E-state index in [-0.39, 0.29) is 0 Å². The molecule has 1 nitrogen and oxygen atoms in total. The molecular formula is C17H37N. The molecule has 0 aromatic heterocycles. The van der Waals surface area contributed by atoms with Gasteiger partial charge in [-0.25, -0.2) is 0 Å². The Bertz CT molecular complexity index is 198. The van der Waals surface area contributed by atoms with E-state index in [1.54, 1.807) is 0 Å². The molecule has 0 rings (SSSR count). The molecule has 0 saturated carbocycles. The Morgan fingerprint density at radius 1 is 0.944 bits per heavy atom. The second-order valence-corrected chi connectivity index (χ2v) is 6.69. The highest BCUT2D eigenvalue weighted by molar-refractivity contribution is 4.86. The van der Waals surface area contributed by atoms with Crippen molar-refractivity contribution in [3.8, 4) is 0 Å². The molecule has 2 unspecified atom stereocenters. The molecular weight excluding hydrogens is 218 g/mol. The summed E-state index contributed by atoms with van der Waals surface area (Å²) in [5.74, 6) is 0.850. The maximum Gasteiger partial charge on any atom is 0.0158 e. The van der Waals surface area contributed by atoms with Gasteiger partial charge in [0, 0.05) is 11.6 Å². The van der Waals surface area contributed by atoms with Gasteiger partial charge in [-0.1, -0.05) is 53.4 Å². The van der Waals surface area contributed by atoms with Crippen LogP contribution in [-0.2, 0) is 0 Å². The van der Waals surface area contributed by atoms with Gasteiger partial charge in [-0.2, -0.15) is 0 Å². The van der Waals surface area contributed by atoms with Crippen LogP contribution in [0.5, 0.6) is 0 Å². The van der Waals surface area contributed by atoms with Crippen molar-refractivity contribution in [1.29, 1.82) is 0 Å². The lowest BCUT2D eigenvalue weighted by molar-refractivity contribution is 0.0577. The predicted octanol–water partition coefficient (Wildman–Crippen LogP) is 5.49. The van der Waals surface area contributed by atoms with Gasteiger partial charge in [0.15, 0.2) is 0 Å². The van der Waals surface area contributed by atoms with E-state index in [2.05, 4.69) is 53.4 Å². The van der Waals surface area contributed by atoms with E-state index in [0.717, 1.165) is 5.92 Å². The second kappa shape index (κ2) is 8.96. The van der Waals surface area contributed by atoms with Gasteiger partial charge in [0.2, 0.25) is 0 Å². The third kappa shape index (κ3) is 6.22. The summed E-state index contributed by atoms with van der Waals surface area (Å²) in [7, 11) is 0. The van der Waals surface area contributed by atoms with Crippen molar-refractivity contribution < 1.29 is 0 Å². The van der Waals surface area contributed by atoms with Gasteiger partial charge in [-0.05, 0) is 46.1 Å². The van der Waals surface area contributed by atoms with Crippen LogP contribution >= 0.6 is 0 Å². The first kappa shape index (κ1) is 18.0. The fourth-order valence-electron chi connectivity index (χ4n) is 3.53. The average Bonchev–Trinajstić information content (AvgIpc) is 2.26. The predicted molar refractivity (Wildman–Crippen MR) is 84.1 cm³/mol. The smallest absolute Gasteiger partial charge is 0.0158 e. The molecule has 0 heterocycles. The largest absolute Gasteiger partial charge is 0.296 e. The number of hydrogen-bond donors (Lipinski definition) is 0. The Balaban J connectivity index is 4.45. The molecule has 18 heavy (non-hydrogen) atoms. The van der Waals surface area contributed by atoms with Gasteiger partial charge in [0.25, 0.3) is 0 Å². The summed E-state index contributed by atoms with van der Waals surface area (Å²) in [6.07, 6.45) is 8.04. The van der Waals surface area contributed by atoms with E-state index in [9.17, 15) is 0 Å². The lowest BCUT2D eigenvalue weighted by Crippen LogP contribution is -2.49. The lowest BCUT2D eigenvalue weighted by atomic mass is 9.86. The molecule has 0 fully saturated rings. The minimum absolute atomic E-state index is 0.344. The van der Waals surface area contributed by atoms with Crippen LogP contribution in [0.15, 0.2) is 0 Å². The molecule has 0 aromatic rings. The van der Waals surface area contributed by atoms with Crippen LogP contribution in [0.2, 0.25) is 0 Å². The fourth-order valence-corrected chi connectivity index (χ4v) is 3.53. The molecule has 1 heteroatoms. The molecule has 0 aliphatic rings. The maximum atomic E-state index is 2.71. The molecule has 0 spiro atoms. The SMILES string of the molecule is CCCCC(C)CC(C)(C)N(CC)C(C)CCC. The first-order chi connectivity index (χ1) is 8.38. The first-order valence-corrected chi connectivity index (χ1v) is 8.15. The standard InChI is InChI=1S/C17H37N/c1-8-11-13-15(4)14-17(6,7)18(10-3)16(5)12-9-2/h15-16H,8-14H2,1-7H3. The van der Waals surface area contributed by atoms with Crippen LogP contribution in [0.3, 0.4) is 0 Å². The highest BCUT2D eigenvalue weighted by Crippen LogP contribution is 2.28. The monoisotopic (exact) mass is 255 g/mol. The summed E-state index contributed by atoms with van der Waals surface area (Å²) in [5, 5.41) is 0. The maximum absolute atomic E-state index is 2.71. The average molecular weight is 255 g/mol. The van der Waals surface area contributed by atoms with Crippen molar-refractivity contribution in [1.82, 2.24) is 4.90 Å². The van der Waals surface area contributed by atoms with Crippen molar-refractivity contribution in [2.24, 2.45) is 5.92 Å². The van der Waals surface area contributed by atoms with Gasteiger partial charge >= 0.3 is 0 Å². The van der Waals surface area contributed by atoms with Crippen molar-refractivity contribution in [3.63, 3.8) is 0 Å². The Morgan fingerprint density at radius 2 is 1.56 bits per heavy atom. The van der Waals surface area contributed by atoms with Crippen LogP contribution in [-0.4, -0.2) is 23.0 Å². The highest BCUT2D eigenvalue weighted by Gasteiger charge is 2.30. The molecule has 0 aliphatic heterocycles. The van der Waals surface area contributed by atoms with E-state index in [1.165, 1.54) is 45.1 Å². The van der Waals surface area contributed by atoms with Crippen molar-refractivity contribution in [2.75, 3.05) is 6.54 Å². The summed E-state index contributed by atoms with van der Waals surface area (Å²) in [6.45, 7) is 17.8.